The average Bonchev–Trinajstić information content (AvgIpc) is 2.97. The van der Waals surface area contributed by atoms with Crippen LogP contribution in [0.25, 0.3) is 11.3 Å². The molecule has 3 heteroatoms. The first kappa shape index (κ1) is 14.4. The summed E-state index contributed by atoms with van der Waals surface area (Å²) in [6, 6.07) is 14.3. The lowest BCUT2D eigenvalue weighted by atomic mass is 9.92. The third kappa shape index (κ3) is 3.55. The predicted octanol–water partition coefficient (Wildman–Crippen LogP) is 3.54. The monoisotopic (exact) mass is 285 g/mol. The van der Waals surface area contributed by atoms with Crippen LogP contribution in [0.15, 0.2) is 46.9 Å². The topological polar surface area (TPSA) is 36.6 Å². The summed E-state index contributed by atoms with van der Waals surface area (Å²) in [5, 5.41) is 9.65. The molecule has 1 unspecified atom stereocenters. The third-order valence-corrected chi connectivity index (χ3v) is 4.41. The maximum atomic E-state index is 9.65. The second kappa shape index (κ2) is 6.46. The number of rotatable bonds is 4. The first-order valence-corrected chi connectivity index (χ1v) is 7.77. The van der Waals surface area contributed by atoms with Gasteiger partial charge in [-0.15, -0.1) is 0 Å². The molecule has 0 bridgehead atoms. The second-order valence-corrected chi connectivity index (χ2v) is 5.99. The van der Waals surface area contributed by atoms with Gasteiger partial charge in [-0.2, -0.15) is 0 Å². The summed E-state index contributed by atoms with van der Waals surface area (Å²) in [7, 11) is 0. The highest BCUT2D eigenvalue weighted by Crippen LogP contribution is 2.25. The lowest BCUT2D eigenvalue weighted by Crippen LogP contribution is -2.36. The normalized spacial score (nSPS) is 18.8. The minimum absolute atomic E-state index is 0.180. The van der Waals surface area contributed by atoms with Gasteiger partial charge in [0.1, 0.15) is 11.5 Å². The highest BCUT2D eigenvalue weighted by molar-refractivity contribution is 5.57. The van der Waals surface area contributed by atoms with E-state index in [0.717, 1.165) is 49.6 Å². The van der Waals surface area contributed by atoms with E-state index in [9.17, 15) is 5.11 Å². The molecule has 1 aliphatic heterocycles. The molecule has 1 saturated heterocycles. The SMILES string of the molecule is CC(O)C1CCN(Cc2ccc(-c3ccccc3)o2)CC1. The molecule has 2 aromatic rings. The molecule has 3 rings (SSSR count). The number of furan rings is 1. The number of hydrogen-bond donors (Lipinski definition) is 1. The number of piperidine rings is 1. The van der Waals surface area contributed by atoms with Gasteiger partial charge in [-0.25, -0.2) is 0 Å². The van der Waals surface area contributed by atoms with Crippen molar-refractivity contribution >= 4 is 0 Å². The molecule has 1 aromatic carbocycles. The van der Waals surface area contributed by atoms with Crippen LogP contribution in [-0.2, 0) is 6.54 Å². The number of hydrogen-bond acceptors (Lipinski definition) is 3. The molecule has 1 aromatic heterocycles. The van der Waals surface area contributed by atoms with Gasteiger partial charge in [0, 0.05) is 5.56 Å². The number of aliphatic hydroxyl groups excluding tert-OH is 1. The molecule has 0 aliphatic carbocycles. The van der Waals surface area contributed by atoms with Crippen LogP contribution in [0, 0.1) is 5.92 Å². The Morgan fingerprint density at radius 1 is 1.14 bits per heavy atom. The summed E-state index contributed by atoms with van der Waals surface area (Å²) >= 11 is 0. The molecular weight excluding hydrogens is 262 g/mol. The van der Waals surface area contributed by atoms with Gasteiger partial charge in [0.15, 0.2) is 0 Å². The summed E-state index contributed by atoms with van der Waals surface area (Å²) < 4.78 is 5.96. The Hall–Kier alpha value is -1.58. The predicted molar refractivity (Wildman–Crippen MR) is 83.8 cm³/mol. The van der Waals surface area contributed by atoms with Crippen LogP contribution in [0.1, 0.15) is 25.5 Å². The van der Waals surface area contributed by atoms with Crippen molar-refractivity contribution in [3.63, 3.8) is 0 Å². The maximum absolute atomic E-state index is 9.65. The molecule has 112 valence electrons. The van der Waals surface area contributed by atoms with Gasteiger partial charge in [-0.1, -0.05) is 30.3 Å². The average molecular weight is 285 g/mol. The molecule has 0 spiro atoms. The van der Waals surface area contributed by atoms with Crippen LogP contribution < -0.4 is 0 Å². The van der Waals surface area contributed by atoms with Crippen LogP contribution in [0.4, 0.5) is 0 Å². The van der Waals surface area contributed by atoms with E-state index in [0.29, 0.717) is 5.92 Å². The Morgan fingerprint density at radius 2 is 1.86 bits per heavy atom. The van der Waals surface area contributed by atoms with Crippen molar-refractivity contribution in [2.75, 3.05) is 13.1 Å². The fourth-order valence-electron chi connectivity index (χ4n) is 3.03. The molecular formula is C18H23NO2. The molecule has 1 atom stereocenters. The smallest absolute Gasteiger partial charge is 0.134 e. The molecule has 1 fully saturated rings. The van der Waals surface area contributed by atoms with Crippen LogP contribution in [0.3, 0.4) is 0 Å². The Labute approximate surface area is 126 Å². The minimum Gasteiger partial charge on any atom is -0.460 e. The number of benzene rings is 1. The molecule has 21 heavy (non-hydrogen) atoms. The highest BCUT2D eigenvalue weighted by Gasteiger charge is 2.23. The Morgan fingerprint density at radius 3 is 2.52 bits per heavy atom. The zero-order chi connectivity index (χ0) is 14.7. The fraction of sp³-hybridized carbons (Fsp3) is 0.444. The van der Waals surface area contributed by atoms with Gasteiger partial charge in [-0.3, -0.25) is 4.90 Å². The molecule has 0 saturated carbocycles. The summed E-state index contributed by atoms with van der Waals surface area (Å²) in [6.07, 6.45) is 1.97. The van der Waals surface area contributed by atoms with Crippen LogP contribution in [0.2, 0.25) is 0 Å². The Balaban J connectivity index is 1.59. The fourth-order valence-corrected chi connectivity index (χ4v) is 3.03. The van der Waals surface area contributed by atoms with Crippen LogP contribution >= 0.6 is 0 Å². The van der Waals surface area contributed by atoms with E-state index in [2.05, 4.69) is 23.1 Å². The van der Waals surface area contributed by atoms with E-state index in [4.69, 9.17) is 4.42 Å². The van der Waals surface area contributed by atoms with Crippen molar-refractivity contribution in [3.8, 4) is 11.3 Å². The summed E-state index contributed by atoms with van der Waals surface area (Å²) in [4.78, 5) is 2.41. The highest BCUT2D eigenvalue weighted by atomic mass is 16.3. The third-order valence-electron chi connectivity index (χ3n) is 4.41. The molecule has 0 amide bonds. The van der Waals surface area contributed by atoms with Gasteiger partial charge in [0.2, 0.25) is 0 Å². The van der Waals surface area contributed by atoms with E-state index >= 15 is 0 Å². The first-order chi connectivity index (χ1) is 10.2. The summed E-state index contributed by atoms with van der Waals surface area (Å²) in [5.41, 5.74) is 1.12. The maximum Gasteiger partial charge on any atom is 0.134 e. The summed E-state index contributed by atoms with van der Waals surface area (Å²) in [5.74, 6) is 2.41. The Bertz CT molecular complexity index is 554. The molecule has 1 aliphatic rings. The lowest BCUT2D eigenvalue weighted by Gasteiger charge is -2.32. The molecule has 0 radical (unpaired) electrons. The largest absolute Gasteiger partial charge is 0.460 e. The number of nitrogens with zero attached hydrogens (tertiary/aromatic N) is 1. The van der Waals surface area contributed by atoms with Crippen molar-refractivity contribution in [1.29, 1.82) is 0 Å². The van der Waals surface area contributed by atoms with Gasteiger partial charge in [0.05, 0.1) is 12.6 Å². The first-order valence-electron chi connectivity index (χ1n) is 7.77. The molecule has 1 N–H and O–H groups in total. The van der Waals surface area contributed by atoms with Crippen molar-refractivity contribution < 1.29 is 9.52 Å². The van der Waals surface area contributed by atoms with E-state index < -0.39 is 0 Å². The minimum atomic E-state index is -0.180. The number of aliphatic hydroxyl groups is 1. The zero-order valence-electron chi connectivity index (χ0n) is 12.5. The zero-order valence-corrected chi connectivity index (χ0v) is 12.5. The molecule has 2 heterocycles. The quantitative estimate of drug-likeness (QED) is 0.933. The van der Waals surface area contributed by atoms with E-state index in [1.54, 1.807) is 0 Å². The van der Waals surface area contributed by atoms with Gasteiger partial charge in [0.25, 0.3) is 0 Å². The van der Waals surface area contributed by atoms with Crippen LogP contribution in [-0.4, -0.2) is 29.2 Å². The lowest BCUT2D eigenvalue weighted by molar-refractivity contribution is 0.0674. The van der Waals surface area contributed by atoms with Crippen molar-refractivity contribution in [1.82, 2.24) is 4.90 Å². The second-order valence-electron chi connectivity index (χ2n) is 5.99. The van der Waals surface area contributed by atoms with Crippen LogP contribution in [0.5, 0.6) is 0 Å². The van der Waals surface area contributed by atoms with Gasteiger partial charge >= 0.3 is 0 Å². The van der Waals surface area contributed by atoms with Crippen molar-refractivity contribution in [3.05, 3.63) is 48.2 Å². The van der Waals surface area contributed by atoms with Gasteiger partial charge in [-0.05, 0) is 50.9 Å². The van der Waals surface area contributed by atoms with E-state index in [-0.39, 0.29) is 6.10 Å². The van der Waals surface area contributed by atoms with Crippen molar-refractivity contribution in [2.24, 2.45) is 5.92 Å². The van der Waals surface area contributed by atoms with E-state index in [1.807, 2.05) is 31.2 Å². The Kier molecular flexibility index (Phi) is 4.42. The standard InChI is InChI=1S/C18H23NO2/c1-14(20)15-9-11-19(12-10-15)13-17-7-8-18(21-17)16-5-3-2-4-6-16/h2-8,14-15,20H,9-13H2,1H3. The number of likely N-dealkylation sites (tertiary alicyclic amines) is 1. The summed E-state index contributed by atoms with van der Waals surface area (Å²) in [6.45, 7) is 4.84. The van der Waals surface area contributed by atoms with Gasteiger partial charge < -0.3 is 9.52 Å². The molecule has 3 nitrogen and oxygen atoms in total. The van der Waals surface area contributed by atoms with Crippen molar-refractivity contribution in [2.45, 2.75) is 32.4 Å². The van der Waals surface area contributed by atoms with E-state index in [1.165, 1.54) is 0 Å².